The van der Waals surface area contributed by atoms with Crippen molar-refractivity contribution in [1.29, 1.82) is 0 Å². The molecule has 1 aromatic rings. The van der Waals surface area contributed by atoms with Crippen molar-refractivity contribution in [3.05, 3.63) is 28.4 Å². The fraction of sp³-hybridized carbons (Fsp3) is 0.333. The van der Waals surface area contributed by atoms with Crippen LogP contribution in [0.3, 0.4) is 0 Å². The van der Waals surface area contributed by atoms with Crippen LogP contribution in [0.4, 0.5) is 0 Å². The summed E-state index contributed by atoms with van der Waals surface area (Å²) < 4.78 is 3.60. The van der Waals surface area contributed by atoms with Gasteiger partial charge in [-0.25, -0.2) is 0 Å². The first-order valence-corrected chi connectivity index (χ1v) is 7.21. The van der Waals surface area contributed by atoms with Crippen LogP contribution in [0.2, 0.25) is 0 Å². The minimum Gasteiger partial charge on any atom is -0.394 e. The van der Waals surface area contributed by atoms with E-state index >= 15 is 0 Å². The quantitative estimate of drug-likeness (QED) is 0.466. The van der Waals surface area contributed by atoms with E-state index in [2.05, 4.69) is 67.8 Å². The van der Waals surface area contributed by atoms with E-state index in [1.807, 2.05) is 12.1 Å². The zero-order chi connectivity index (χ0) is 10.7. The van der Waals surface area contributed by atoms with Gasteiger partial charge in [-0.15, -0.1) is 0 Å². The molecule has 0 aliphatic rings. The molecule has 0 radical (unpaired) electrons. The van der Waals surface area contributed by atoms with Crippen molar-refractivity contribution in [3.8, 4) is 0 Å². The van der Waals surface area contributed by atoms with E-state index in [4.69, 9.17) is 5.11 Å². The van der Waals surface area contributed by atoms with Crippen LogP contribution in [0.15, 0.2) is 12.1 Å². The molecule has 0 saturated carbocycles. The molecule has 14 heavy (non-hydrogen) atoms. The molecular weight excluding hydrogens is 521 g/mol. The summed E-state index contributed by atoms with van der Waals surface area (Å²) in [5, 5.41) is 18.1. The van der Waals surface area contributed by atoms with Gasteiger partial charge in [-0.3, -0.25) is 0 Å². The number of hydrogen-bond acceptors (Lipinski definition) is 2. The molecule has 1 rings (SSSR count). The highest BCUT2D eigenvalue weighted by molar-refractivity contribution is 14.1. The van der Waals surface area contributed by atoms with Crippen LogP contribution in [0.1, 0.15) is 5.56 Å². The number of hydrogen-bond donors (Lipinski definition) is 2. The van der Waals surface area contributed by atoms with Gasteiger partial charge in [-0.2, -0.15) is 0 Å². The second-order valence-corrected chi connectivity index (χ2v) is 6.19. The first-order chi connectivity index (χ1) is 6.56. The SMILES string of the molecule is OCC(O)Cc1ccc(I)c(I)c1I. The Morgan fingerprint density at radius 2 is 1.79 bits per heavy atom. The summed E-state index contributed by atoms with van der Waals surface area (Å²) in [6.07, 6.45) is -0.138. The summed E-state index contributed by atoms with van der Waals surface area (Å²) in [6, 6.07) is 4.04. The van der Waals surface area contributed by atoms with Crippen LogP contribution in [0.25, 0.3) is 0 Å². The van der Waals surface area contributed by atoms with Crippen molar-refractivity contribution in [2.24, 2.45) is 0 Å². The van der Waals surface area contributed by atoms with E-state index in [0.29, 0.717) is 6.42 Å². The van der Waals surface area contributed by atoms with Crippen LogP contribution in [0, 0.1) is 10.7 Å². The molecular formula is C9H9I3O2. The molecule has 2 nitrogen and oxygen atoms in total. The number of rotatable bonds is 3. The molecule has 5 heteroatoms. The standard InChI is InChI=1S/C9H9I3O2/c10-7-2-1-5(3-6(14)4-13)8(11)9(7)12/h1-2,6,13-14H,3-4H2. The monoisotopic (exact) mass is 530 g/mol. The van der Waals surface area contributed by atoms with Gasteiger partial charge in [0.2, 0.25) is 0 Å². The van der Waals surface area contributed by atoms with E-state index in [9.17, 15) is 5.11 Å². The van der Waals surface area contributed by atoms with Crippen LogP contribution in [-0.2, 0) is 6.42 Å². The molecule has 0 saturated heterocycles. The summed E-state index contributed by atoms with van der Waals surface area (Å²) in [5.41, 5.74) is 1.09. The van der Waals surface area contributed by atoms with Gasteiger partial charge >= 0.3 is 0 Å². The molecule has 0 aliphatic carbocycles. The summed E-state index contributed by atoms with van der Waals surface area (Å²) in [7, 11) is 0. The second kappa shape index (κ2) is 6.16. The summed E-state index contributed by atoms with van der Waals surface area (Å²) in [5.74, 6) is 0. The van der Waals surface area contributed by atoms with Crippen molar-refractivity contribution in [2.75, 3.05) is 6.61 Å². The Hall–Kier alpha value is 1.33. The Balaban J connectivity index is 2.94. The van der Waals surface area contributed by atoms with Crippen molar-refractivity contribution < 1.29 is 10.2 Å². The average Bonchev–Trinajstić information content (AvgIpc) is 2.19. The van der Waals surface area contributed by atoms with Gasteiger partial charge in [0, 0.05) is 17.1 Å². The lowest BCUT2D eigenvalue weighted by Gasteiger charge is -2.11. The lowest BCUT2D eigenvalue weighted by molar-refractivity contribution is 0.0953. The number of halogens is 3. The Morgan fingerprint density at radius 1 is 1.14 bits per heavy atom. The topological polar surface area (TPSA) is 40.5 Å². The smallest absolute Gasteiger partial charge is 0.0811 e. The van der Waals surface area contributed by atoms with Crippen LogP contribution >= 0.6 is 67.8 Å². The van der Waals surface area contributed by atoms with Gasteiger partial charge in [0.25, 0.3) is 0 Å². The Bertz CT molecular complexity index is 328. The largest absolute Gasteiger partial charge is 0.394 e. The van der Waals surface area contributed by atoms with E-state index < -0.39 is 6.10 Å². The molecule has 0 heterocycles. The molecule has 0 aliphatic heterocycles. The Kier molecular flexibility index (Phi) is 5.89. The lowest BCUT2D eigenvalue weighted by Crippen LogP contribution is -2.16. The second-order valence-electron chi connectivity index (χ2n) is 2.87. The van der Waals surface area contributed by atoms with Gasteiger partial charge < -0.3 is 10.2 Å². The van der Waals surface area contributed by atoms with Crippen molar-refractivity contribution in [1.82, 2.24) is 0 Å². The van der Waals surface area contributed by atoms with Gasteiger partial charge in [-0.1, -0.05) is 6.07 Å². The highest BCUT2D eigenvalue weighted by Gasteiger charge is 2.10. The van der Waals surface area contributed by atoms with E-state index in [0.717, 1.165) is 5.56 Å². The third-order valence-electron chi connectivity index (χ3n) is 1.78. The van der Waals surface area contributed by atoms with E-state index in [1.165, 1.54) is 10.7 Å². The molecule has 78 valence electrons. The third kappa shape index (κ3) is 3.42. The van der Waals surface area contributed by atoms with Crippen LogP contribution < -0.4 is 0 Å². The maximum Gasteiger partial charge on any atom is 0.0811 e. The third-order valence-corrected chi connectivity index (χ3v) is 7.10. The van der Waals surface area contributed by atoms with E-state index in [-0.39, 0.29) is 6.61 Å². The van der Waals surface area contributed by atoms with E-state index in [1.54, 1.807) is 0 Å². The van der Waals surface area contributed by atoms with Crippen LogP contribution in [0.5, 0.6) is 0 Å². The van der Waals surface area contributed by atoms with Gasteiger partial charge in [0.15, 0.2) is 0 Å². The zero-order valence-corrected chi connectivity index (χ0v) is 13.6. The molecule has 0 bridgehead atoms. The number of aliphatic hydroxyl groups is 2. The number of aliphatic hydroxyl groups excluding tert-OH is 2. The summed E-state index contributed by atoms with van der Waals surface area (Å²) >= 11 is 6.85. The minimum atomic E-state index is -0.653. The predicted octanol–water partition coefficient (Wildman–Crippen LogP) is 2.40. The summed E-state index contributed by atoms with van der Waals surface area (Å²) in [4.78, 5) is 0. The molecule has 0 amide bonds. The van der Waals surface area contributed by atoms with Crippen LogP contribution in [-0.4, -0.2) is 22.9 Å². The minimum absolute atomic E-state index is 0.182. The highest BCUT2D eigenvalue weighted by atomic mass is 127. The predicted molar refractivity (Wildman–Crippen MR) is 81.4 cm³/mol. The fourth-order valence-corrected chi connectivity index (χ4v) is 3.22. The normalized spacial score (nSPS) is 12.9. The van der Waals surface area contributed by atoms with Gasteiger partial charge in [-0.05, 0) is 79.4 Å². The fourth-order valence-electron chi connectivity index (χ4n) is 1.04. The molecule has 1 unspecified atom stereocenters. The van der Waals surface area contributed by atoms with Crippen molar-refractivity contribution >= 4 is 67.8 Å². The molecule has 1 aromatic carbocycles. The summed E-state index contributed by atoms with van der Waals surface area (Å²) in [6.45, 7) is -0.182. The molecule has 0 spiro atoms. The first-order valence-electron chi connectivity index (χ1n) is 3.97. The number of benzene rings is 1. The molecule has 1 atom stereocenters. The molecule has 0 fully saturated rings. The average molecular weight is 530 g/mol. The lowest BCUT2D eigenvalue weighted by atomic mass is 10.1. The zero-order valence-electron chi connectivity index (χ0n) is 7.17. The first kappa shape index (κ1) is 13.4. The van der Waals surface area contributed by atoms with Crippen molar-refractivity contribution in [3.63, 3.8) is 0 Å². The van der Waals surface area contributed by atoms with Gasteiger partial charge in [0.1, 0.15) is 0 Å². The Morgan fingerprint density at radius 3 is 2.36 bits per heavy atom. The molecule has 2 N–H and O–H groups in total. The maximum atomic E-state index is 9.34. The maximum absolute atomic E-state index is 9.34. The molecule has 0 aromatic heterocycles. The Labute approximate surface area is 124 Å². The van der Waals surface area contributed by atoms with Crippen molar-refractivity contribution in [2.45, 2.75) is 12.5 Å². The highest BCUT2D eigenvalue weighted by Crippen LogP contribution is 2.25. The van der Waals surface area contributed by atoms with Gasteiger partial charge in [0.05, 0.1) is 12.7 Å².